The fourth-order valence-corrected chi connectivity index (χ4v) is 4.27. The van der Waals surface area contributed by atoms with E-state index in [1.165, 1.54) is 11.8 Å². The van der Waals surface area contributed by atoms with Crippen LogP contribution in [0.1, 0.15) is 25.5 Å². The third-order valence-electron chi connectivity index (χ3n) is 5.16. The first-order chi connectivity index (χ1) is 15.6. The van der Waals surface area contributed by atoms with E-state index in [9.17, 15) is 4.79 Å². The molecule has 32 heavy (non-hydrogen) atoms. The molecule has 0 fully saturated rings. The largest absolute Gasteiger partial charge is 0.497 e. The number of benzene rings is 2. The van der Waals surface area contributed by atoms with Crippen LogP contribution < -0.4 is 19.5 Å². The van der Waals surface area contributed by atoms with Crippen LogP contribution in [-0.4, -0.2) is 46.7 Å². The average Bonchev–Trinajstić information content (AvgIpc) is 3.25. The van der Waals surface area contributed by atoms with E-state index >= 15 is 0 Å². The number of hydrogen-bond acceptors (Lipinski definition) is 7. The summed E-state index contributed by atoms with van der Waals surface area (Å²) in [5, 5.41) is 12.4. The molecule has 1 aliphatic heterocycles. The number of nitrogens with zero attached hydrogens (tertiary/aromatic N) is 3. The average molecular weight is 455 g/mol. The van der Waals surface area contributed by atoms with Crippen LogP contribution in [-0.2, 0) is 11.3 Å². The molecular weight excluding hydrogens is 428 g/mol. The van der Waals surface area contributed by atoms with Crippen molar-refractivity contribution in [3.63, 3.8) is 0 Å². The standard InChI is InChI=1S/C23H26N4O4S/c1-4-27-22(16-5-8-18(29-3)9-6-16)25-26-23(27)32-14-21(28)24-15(2)17-7-10-19-20(13-17)31-12-11-30-19/h5-10,13,15H,4,11-12,14H2,1-3H3,(H,24,28). The number of carbonyl (C=O) groups is 1. The van der Waals surface area contributed by atoms with Crippen LogP contribution in [0, 0.1) is 0 Å². The maximum absolute atomic E-state index is 12.6. The summed E-state index contributed by atoms with van der Waals surface area (Å²) in [6.45, 7) is 5.77. The second-order valence-corrected chi connectivity index (χ2v) is 8.20. The highest BCUT2D eigenvalue weighted by Crippen LogP contribution is 2.32. The van der Waals surface area contributed by atoms with Gasteiger partial charge in [0.1, 0.15) is 19.0 Å². The first-order valence-corrected chi connectivity index (χ1v) is 11.5. The van der Waals surface area contributed by atoms with Gasteiger partial charge >= 0.3 is 0 Å². The normalized spacial score (nSPS) is 13.5. The van der Waals surface area contributed by atoms with Gasteiger partial charge in [0.2, 0.25) is 5.91 Å². The number of rotatable bonds is 8. The number of thioether (sulfide) groups is 1. The molecule has 8 nitrogen and oxygen atoms in total. The summed E-state index contributed by atoms with van der Waals surface area (Å²) < 4.78 is 18.4. The van der Waals surface area contributed by atoms with E-state index in [1.54, 1.807) is 7.11 Å². The Balaban J connectivity index is 1.38. The minimum Gasteiger partial charge on any atom is -0.497 e. The first-order valence-electron chi connectivity index (χ1n) is 10.5. The number of methoxy groups -OCH3 is 1. The van der Waals surface area contributed by atoms with E-state index in [0.29, 0.717) is 30.7 Å². The zero-order chi connectivity index (χ0) is 22.5. The van der Waals surface area contributed by atoms with Crippen molar-refractivity contribution in [2.24, 2.45) is 0 Å². The summed E-state index contributed by atoms with van der Waals surface area (Å²) in [5.74, 6) is 3.17. The quantitative estimate of drug-likeness (QED) is 0.519. The number of amides is 1. The van der Waals surface area contributed by atoms with Gasteiger partial charge in [-0.1, -0.05) is 17.8 Å². The number of hydrogen-bond donors (Lipinski definition) is 1. The van der Waals surface area contributed by atoms with Crippen molar-refractivity contribution in [3.05, 3.63) is 48.0 Å². The maximum atomic E-state index is 12.6. The van der Waals surface area contributed by atoms with Crippen molar-refractivity contribution in [1.29, 1.82) is 0 Å². The lowest BCUT2D eigenvalue weighted by Gasteiger charge is -2.21. The van der Waals surface area contributed by atoms with Gasteiger partial charge in [-0.05, 0) is 55.8 Å². The summed E-state index contributed by atoms with van der Waals surface area (Å²) in [5.41, 5.74) is 1.91. The Kier molecular flexibility index (Phi) is 6.84. The highest BCUT2D eigenvalue weighted by molar-refractivity contribution is 7.99. The lowest BCUT2D eigenvalue weighted by atomic mass is 10.1. The third kappa shape index (κ3) is 4.83. The molecule has 1 aliphatic rings. The van der Waals surface area contributed by atoms with Gasteiger partial charge in [0, 0.05) is 12.1 Å². The smallest absolute Gasteiger partial charge is 0.230 e. The second kappa shape index (κ2) is 9.95. The predicted octanol–water partition coefficient (Wildman–Crippen LogP) is 3.71. The molecule has 0 saturated heterocycles. The van der Waals surface area contributed by atoms with Crippen LogP contribution in [0.25, 0.3) is 11.4 Å². The van der Waals surface area contributed by atoms with Gasteiger partial charge < -0.3 is 24.1 Å². The molecule has 168 valence electrons. The summed E-state index contributed by atoms with van der Waals surface area (Å²) in [6.07, 6.45) is 0. The van der Waals surface area contributed by atoms with Gasteiger partial charge in [-0.25, -0.2) is 0 Å². The Hall–Kier alpha value is -3.20. The Labute approximate surface area is 191 Å². The molecule has 1 aromatic heterocycles. The molecule has 3 aromatic rings. The fraction of sp³-hybridized carbons (Fsp3) is 0.348. The van der Waals surface area contributed by atoms with Gasteiger partial charge in [0.05, 0.1) is 18.9 Å². The van der Waals surface area contributed by atoms with Crippen LogP contribution in [0.3, 0.4) is 0 Å². The van der Waals surface area contributed by atoms with Crippen molar-refractivity contribution in [2.45, 2.75) is 31.6 Å². The van der Waals surface area contributed by atoms with E-state index in [4.69, 9.17) is 14.2 Å². The van der Waals surface area contributed by atoms with E-state index in [0.717, 1.165) is 28.5 Å². The van der Waals surface area contributed by atoms with Gasteiger partial charge in [0.15, 0.2) is 22.5 Å². The SMILES string of the molecule is CCn1c(SCC(=O)NC(C)c2ccc3c(c2)OCCO3)nnc1-c1ccc(OC)cc1. The third-order valence-corrected chi connectivity index (χ3v) is 6.12. The van der Waals surface area contributed by atoms with Crippen molar-refractivity contribution in [3.8, 4) is 28.6 Å². The van der Waals surface area contributed by atoms with E-state index in [1.807, 2.05) is 60.9 Å². The van der Waals surface area contributed by atoms with Crippen LogP contribution in [0.2, 0.25) is 0 Å². The molecule has 1 amide bonds. The zero-order valence-corrected chi connectivity index (χ0v) is 19.1. The Morgan fingerprint density at radius 3 is 2.62 bits per heavy atom. The number of fused-ring (bicyclic) bond motifs is 1. The molecule has 1 unspecified atom stereocenters. The zero-order valence-electron chi connectivity index (χ0n) is 18.3. The molecule has 0 radical (unpaired) electrons. The Morgan fingerprint density at radius 1 is 1.16 bits per heavy atom. The van der Waals surface area contributed by atoms with Gasteiger partial charge in [-0.15, -0.1) is 10.2 Å². The topological polar surface area (TPSA) is 87.5 Å². The molecular formula is C23H26N4O4S. The fourth-order valence-electron chi connectivity index (χ4n) is 3.46. The van der Waals surface area contributed by atoms with Crippen LogP contribution >= 0.6 is 11.8 Å². The minimum atomic E-state index is -0.155. The number of carbonyl (C=O) groups excluding carboxylic acids is 1. The van der Waals surface area contributed by atoms with Gasteiger partial charge in [-0.3, -0.25) is 4.79 Å². The predicted molar refractivity (Wildman–Crippen MR) is 122 cm³/mol. The van der Waals surface area contributed by atoms with E-state index in [2.05, 4.69) is 15.5 Å². The number of ether oxygens (including phenoxy) is 3. The monoisotopic (exact) mass is 454 g/mol. The van der Waals surface area contributed by atoms with Gasteiger partial charge in [0.25, 0.3) is 0 Å². The van der Waals surface area contributed by atoms with E-state index in [-0.39, 0.29) is 17.7 Å². The summed E-state index contributed by atoms with van der Waals surface area (Å²) >= 11 is 1.37. The van der Waals surface area contributed by atoms with Crippen molar-refractivity contribution in [1.82, 2.24) is 20.1 Å². The van der Waals surface area contributed by atoms with E-state index < -0.39 is 0 Å². The summed E-state index contributed by atoms with van der Waals surface area (Å²) in [4.78, 5) is 12.6. The molecule has 9 heteroatoms. The minimum absolute atomic E-state index is 0.0750. The van der Waals surface area contributed by atoms with Crippen LogP contribution in [0.15, 0.2) is 47.6 Å². The molecule has 0 aliphatic carbocycles. The van der Waals surface area contributed by atoms with Crippen molar-refractivity contribution in [2.75, 3.05) is 26.1 Å². The molecule has 1 N–H and O–H groups in total. The Morgan fingerprint density at radius 2 is 1.91 bits per heavy atom. The lowest BCUT2D eigenvalue weighted by molar-refractivity contribution is -0.119. The second-order valence-electron chi connectivity index (χ2n) is 7.26. The molecule has 4 rings (SSSR count). The summed E-state index contributed by atoms with van der Waals surface area (Å²) in [7, 11) is 1.64. The highest BCUT2D eigenvalue weighted by Gasteiger charge is 2.18. The Bertz CT molecular complexity index is 1080. The summed E-state index contributed by atoms with van der Waals surface area (Å²) in [6, 6.07) is 13.3. The van der Waals surface area contributed by atoms with Crippen molar-refractivity contribution >= 4 is 17.7 Å². The molecule has 0 spiro atoms. The molecule has 0 bridgehead atoms. The maximum Gasteiger partial charge on any atom is 0.230 e. The highest BCUT2D eigenvalue weighted by atomic mass is 32.2. The number of aromatic nitrogens is 3. The first kappa shape index (κ1) is 22.0. The van der Waals surface area contributed by atoms with Crippen LogP contribution in [0.4, 0.5) is 0 Å². The van der Waals surface area contributed by atoms with Gasteiger partial charge in [-0.2, -0.15) is 0 Å². The lowest BCUT2D eigenvalue weighted by Crippen LogP contribution is -2.28. The number of nitrogens with one attached hydrogen (secondary N) is 1. The molecule has 0 saturated carbocycles. The van der Waals surface area contributed by atoms with Crippen molar-refractivity contribution < 1.29 is 19.0 Å². The molecule has 2 heterocycles. The molecule has 2 aromatic carbocycles. The van der Waals surface area contributed by atoms with Crippen LogP contribution in [0.5, 0.6) is 17.2 Å². The molecule has 1 atom stereocenters.